The van der Waals surface area contributed by atoms with Gasteiger partial charge in [0, 0.05) is 16.5 Å². The number of aromatic nitrogens is 1. The largest absolute Gasteiger partial charge is 0.309 e. The second kappa shape index (κ2) is 10.4. The van der Waals surface area contributed by atoms with Gasteiger partial charge in [-0.25, -0.2) is 0 Å². The van der Waals surface area contributed by atoms with Crippen molar-refractivity contribution in [2.75, 3.05) is 0 Å². The molecule has 0 fully saturated rings. The second-order valence-electron chi connectivity index (χ2n) is 12.8. The summed E-state index contributed by atoms with van der Waals surface area (Å²) in [6.07, 6.45) is 0. The maximum atomic E-state index is 2.42. The van der Waals surface area contributed by atoms with Crippen molar-refractivity contribution >= 4 is 32.6 Å². The van der Waals surface area contributed by atoms with Crippen LogP contribution < -0.4 is 0 Å². The predicted octanol–water partition coefficient (Wildman–Crippen LogP) is 12.0. The van der Waals surface area contributed by atoms with E-state index in [0.717, 1.165) is 0 Å². The predicted molar refractivity (Wildman–Crippen MR) is 201 cm³/mol. The molecule has 9 aromatic rings. The number of hydrogen-bond acceptors (Lipinski definition) is 0. The number of fused-ring (bicyclic) bond motifs is 8. The Morgan fingerprint density at radius 1 is 0.396 bits per heavy atom. The summed E-state index contributed by atoms with van der Waals surface area (Å²) >= 11 is 0. The third kappa shape index (κ3) is 3.67. The molecule has 0 radical (unpaired) electrons. The van der Waals surface area contributed by atoms with Crippen LogP contribution in [0.15, 0.2) is 188 Å². The molecule has 0 aliphatic heterocycles. The minimum atomic E-state index is -0.479. The van der Waals surface area contributed by atoms with E-state index in [1.165, 1.54) is 82.8 Å². The Labute approximate surface area is 280 Å². The van der Waals surface area contributed by atoms with Gasteiger partial charge in [-0.05, 0) is 85.6 Å². The number of nitrogens with zero attached hydrogens (tertiary/aromatic N) is 1. The van der Waals surface area contributed by atoms with E-state index >= 15 is 0 Å². The lowest BCUT2D eigenvalue weighted by molar-refractivity contribution is 0.775. The third-order valence-electron chi connectivity index (χ3n) is 10.4. The highest BCUT2D eigenvalue weighted by atomic mass is 15.0. The van der Waals surface area contributed by atoms with Gasteiger partial charge in [0.05, 0.1) is 16.4 Å². The first-order chi connectivity index (χ1) is 23.8. The van der Waals surface area contributed by atoms with Crippen LogP contribution in [0.1, 0.15) is 22.3 Å². The van der Waals surface area contributed by atoms with Crippen molar-refractivity contribution in [1.82, 2.24) is 4.57 Å². The van der Waals surface area contributed by atoms with Gasteiger partial charge in [-0.15, -0.1) is 0 Å². The fourth-order valence-corrected chi connectivity index (χ4v) is 8.54. The van der Waals surface area contributed by atoms with Crippen LogP contribution in [0.4, 0.5) is 0 Å². The van der Waals surface area contributed by atoms with Crippen molar-refractivity contribution in [3.8, 4) is 27.9 Å². The molecule has 8 aromatic carbocycles. The van der Waals surface area contributed by atoms with Gasteiger partial charge in [0.2, 0.25) is 0 Å². The van der Waals surface area contributed by atoms with E-state index in [0.29, 0.717) is 0 Å². The Morgan fingerprint density at radius 2 is 0.979 bits per heavy atom. The van der Waals surface area contributed by atoms with Crippen LogP contribution in [-0.4, -0.2) is 4.57 Å². The molecule has 0 atom stereocenters. The number of benzene rings is 8. The van der Waals surface area contributed by atoms with E-state index in [1.807, 2.05) is 0 Å². The lowest BCUT2D eigenvalue weighted by atomic mass is 9.66. The van der Waals surface area contributed by atoms with Gasteiger partial charge in [-0.1, -0.05) is 158 Å². The third-order valence-corrected chi connectivity index (χ3v) is 10.4. The van der Waals surface area contributed by atoms with E-state index < -0.39 is 5.41 Å². The molecule has 0 saturated heterocycles. The molecule has 0 saturated carbocycles. The first-order valence-electron chi connectivity index (χ1n) is 16.7. The van der Waals surface area contributed by atoms with Crippen molar-refractivity contribution in [1.29, 1.82) is 0 Å². The van der Waals surface area contributed by atoms with Crippen molar-refractivity contribution < 1.29 is 0 Å². The monoisotopic (exact) mass is 609 g/mol. The summed E-state index contributed by atoms with van der Waals surface area (Å²) in [4.78, 5) is 0. The standard InChI is InChI=1S/C47H31N/c1-4-17-34(18-5-1)47(35-19-6-2-7-20-35)42-26-14-12-25-40(42)45-41(30-32-16-10-11-23-37(32)46(45)47)33-28-29-39-38-24-13-15-27-43(38)48(44(39)31-33)36-21-8-3-9-22-36/h1-31H. The van der Waals surface area contributed by atoms with E-state index in [4.69, 9.17) is 0 Å². The lowest BCUT2D eigenvalue weighted by Crippen LogP contribution is -2.28. The smallest absolute Gasteiger partial charge is 0.0719 e. The summed E-state index contributed by atoms with van der Waals surface area (Å²) in [5.74, 6) is 0. The number of para-hydroxylation sites is 2. The molecule has 1 heterocycles. The highest BCUT2D eigenvalue weighted by Crippen LogP contribution is 2.60. The zero-order valence-electron chi connectivity index (χ0n) is 26.3. The van der Waals surface area contributed by atoms with Crippen LogP contribution in [0.5, 0.6) is 0 Å². The average Bonchev–Trinajstić information content (AvgIpc) is 3.67. The van der Waals surface area contributed by atoms with Gasteiger partial charge in [-0.2, -0.15) is 0 Å². The zero-order chi connectivity index (χ0) is 31.7. The molecule has 0 amide bonds. The van der Waals surface area contributed by atoms with Crippen LogP contribution in [0.25, 0.3) is 60.5 Å². The minimum absolute atomic E-state index is 0.479. The summed E-state index contributed by atoms with van der Waals surface area (Å²) in [6.45, 7) is 0. The van der Waals surface area contributed by atoms with Crippen LogP contribution in [0.2, 0.25) is 0 Å². The molecule has 1 aliphatic rings. The summed E-state index contributed by atoms with van der Waals surface area (Å²) < 4.78 is 2.42. The van der Waals surface area contributed by atoms with Gasteiger partial charge >= 0.3 is 0 Å². The van der Waals surface area contributed by atoms with Gasteiger partial charge < -0.3 is 4.57 Å². The summed E-state index contributed by atoms with van der Waals surface area (Å²) in [5, 5.41) is 5.07. The first kappa shape index (κ1) is 27.0. The lowest BCUT2D eigenvalue weighted by Gasteiger charge is -2.35. The molecule has 224 valence electrons. The highest BCUT2D eigenvalue weighted by Gasteiger charge is 2.48. The van der Waals surface area contributed by atoms with Crippen LogP contribution in [-0.2, 0) is 5.41 Å². The Bertz CT molecular complexity index is 2610. The Hall–Kier alpha value is -6.18. The van der Waals surface area contributed by atoms with Gasteiger partial charge in [0.15, 0.2) is 0 Å². The molecule has 48 heavy (non-hydrogen) atoms. The van der Waals surface area contributed by atoms with E-state index in [2.05, 4.69) is 193 Å². The SMILES string of the molecule is c1ccc(-n2c3ccccc3c3ccc(-c4cc5ccccc5c5c4-c4ccccc4C5(c4ccccc4)c4ccccc4)cc32)cc1. The summed E-state index contributed by atoms with van der Waals surface area (Å²) in [5.41, 5.74) is 13.5. The molecule has 1 aromatic heterocycles. The summed E-state index contributed by atoms with van der Waals surface area (Å²) in [6, 6.07) is 69.3. The topological polar surface area (TPSA) is 4.93 Å². The molecule has 0 N–H and O–H groups in total. The molecule has 1 nitrogen and oxygen atoms in total. The van der Waals surface area contributed by atoms with E-state index in [-0.39, 0.29) is 0 Å². The number of rotatable bonds is 4. The van der Waals surface area contributed by atoms with Crippen LogP contribution in [0.3, 0.4) is 0 Å². The maximum Gasteiger partial charge on any atom is 0.0719 e. The van der Waals surface area contributed by atoms with Crippen molar-refractivity contribution in [3.05, 3.63) is 210 Å². The maximum absolute atomic E-state index is 2.42. The van der Waals surface area contributed by atoms with Gasteiger partial charge in [0.1, 0.15) is 0 Å². The Kier molecular flexibility index (Phi) is 5.86. The fraction of sp³-hybridized carbons (Fsp3) is 0.0213. The second-order valence-corrected chi connectivity index (χ2v) is 12.8. The van der Waals surface area contributed by atoms with Crippen molar-refractivity contribution in [3.63, 3.8) is 0 Å². The Balaban J connectivity index is 1.37. The Morgan fingerprint density at radius 3 is 1.73 bits per heavy atom. The molecule has 10 rings (SSSR count). The van der Waals surface area contributed by atoms with Gasteiger partial charge in [-0.3, -0.25) is 0 Å². The molecule has 0 bridgehead atoms. The molecule has 1 aliphatic carbocycles. The molecule has 0 unspecified atom stereocenters. The minimum Gasteiger partial charge on any atom is -0.309 e. The van der Waals surface area contributed by atoms with Crippen molar-refractivity contribution in [2.45, 2.75) is 5.41 Å². The van der Waals surface area contributed by atoms with Crippen molar-refractivity contribution in [2.24, 2.45) is 0 Å². The van der Waals surface area contributed by atoms with E-state index in [1.54, 1.807) is 0 Å². The normalized spacial score (nSPS) is 13.2. The van der Waals surface area contributed by atoms with Gasteiger partial charge in [0.25, 0.3) is 0 Å². The van der Waals surface area contributed by atoms with Crippen LogP contribution >= 0.6 is 0 Å². The molecule has 0 spiro atoms. The number of hydrogen-bond donors (Lipinski definition) is 0. The molecule has 1 heteroatoms. The molecular formula is C47H31N. The van der Waals surface area contributed by atoms with Crippen LogP contribution in [0, 0.1) is 0 Å². The average molecular weight is 610 g/mol. The fourth-order valence-electron chi connectivity index (χ4n) is 8.54. The highest BCUT2D eigenvalue weighted by molar-refractivity contribution is 6.12. The van der Waals surface area contributed by atoms with E-state index in [9.17, 15) is 0 Å². The molecular weight excluding hydrogens is 579 g/mol. The summed E-state index contributed by atoms with van der Waals surface area (Å²) in [7, 11) is 0. The first-order valence-corrected chi connectivity index (χ1v) is 16.7. The quantitative estimate of drug-likeness (QED) is 0.187. The zero-order valence-corrected chi connectivity index (χ0v) is 26.3.